The Labute approximate surface area is 129 Å². The monoisotopic (exact) mass is 309 g/mol. The normalized spacial score (nSPS) is 25.3. The van der Waals surface area contributed by atoms with Gasteiger partial charge in [0.1, 0.15) is 5.54 Å². The second-order valence-corrected chi connectivity index (χ2v) is 6.36. The average Bonchev–Trinajstić information content (AvgIpc) is 2.44. The van der Waals surface area contributed by atoms with E-state index in [0.29, 0.717) is 23.8 Å². The van der Waals surface area contributed by atoms with Gasteiger partial charge in [0.05, 0.1) is 6.42 Å². The van der Waals surface area contributed by atoms with Gasteiger partial charge in [0.15, 0.2) is 0 Å². The first-order valence-corrected chi connectivity index (χ1v) is 7.58. The van der Waals surface area contributed by atoms with E-state index in [1.165, 1.54) is 0 Å². The molecule has 5 heteroatoms. The highest BCUT2D eigenvalue weighted by Crippen LogP contribution is 2.32. The Balaban J connectivity index is 2.02. The standard InChI is InChI=1S/C16H20ClNO3/c1-11-6-8-16(9-7-11,15(20)21)18-14(19)10-12-2-4-13(17)5-3-12/h2-5,11H,6-10H2,1H3,(H,18,19)(H,20,21). The molecule has 2 N–H and O–H groups in total. The van der Waals surface area contributed by atoms with Crippen LogP contribution in [-0.2, 0) is 16.0 Å². The molecule has 4 nitrogen and oxygen atoms in total. The van der Waals surface area contributed by atoms with Crippen LogP contribution in [0.15, 0.2) is 24.3 Å². The van der Waals surface area contributed by atoms with E-state index in [0.717, 1.165) is 18.4 Å². The summed E-state index contributed by atoms with van der Waals surface area (Å²) in [5, 5.41) is 12.9. The Kier molecular flexibility index (Phi) is 4.88. The van der Waals surface area contributed by atoms with Crippen LogP contribution in [0.4, 0.5) is 0 Å². The number of hydrogen-bond acceptors (Lipinski definition) is 2. The molecule has 1 aliphatic carbocycles. The van der Waals surface area contributed by atoms with Crippen LogP contribution in [0.5, 0.6) is 0 Å². The smallest absolute Gasteiger partial charge is 0.329 e. The van der Waals surface area contributed by atoms with Gasteiger partial charge in [-0.3, -0.25) is 4.79 Å². The molecule has 21 heavy (non-hydrogen) atoms. The fourth-order valence-electron chi connectivity index (χ4n) is 2.75. The van der Waals surface area contributed by atoms with Gasteiger partial charge in [-0.2, -0.15) is 0 Å². The van der Waals surface area contributed by atoms with E-state index in [1.54, 1.807) is 24.3 Å². The van der Waals surface area contributed by atoms with Crippen molar-refractivity contribution < 1.29 is 14.7 Å². The predicted molar refractivity (Wildman–Crippen MR) is 81.3 cm³/mol. The van der Waals surface area contributed by atoms with Gasteiger partial charge in [0.25, 0.3) is 0 Å². The van der Waals surface area contributed by atoms with E-state index in [2.05, 4.69) is 12.2 Å². The summed E-state index contributed by atoms with van der Waals surface area (Å²) in [5.41, 5.74) is -0.280. The number of aliphatic carboxylic acids is 1. The molecule has 1 aromatic carbocycles. The van der Waals surface area contributed by atoms with Gasteiger partial charge in [-0.05, 0) is 49.3 Å². The molecule has 2 rings (SSSR count). The lowest BCUT2D eigenvalue weighted by molar-refractivity contribution is -0.149. The second kappa shape index (κ2) is 6.48. The molecule has 0 aliphatic heterocycles. The van der Waals surface area contributed by atoms with Crippen molar-refractivity contribution in [3.8, 4) is 0 Å². The van der Waals surface area contributed by atoms with E-state index >= 15 is 0 Å². The number of halogens is 1. The highest BCUT2D eigenvalue weighted by atomic mass is 35.5. The third-order valence-corrected chi connectivity index (χ3v) is 4.45. The summed E-state index contributed by atoms with van der Waals surface area (Å²) < 4.78 is 0. The van der Waals surface area contributed by atoms with Gasteiger partial charge < -0.3 is 10.4 Å². The van der Waals surface area contributed by atoms with Crippen molar-refractivity contribution in [2.75, 3.05) is 0 Å². The Hall–Kier alpha value is -1.55. The second-order valence-electron chi connectivity index (χ2n) is 5.92. The molecule has 1 aromatic rings. The van der Waals surface area contributed by atoms with Crippen molar-refractivity contribution in [1.29, 1.82) is 0 Å². The summed E-state index contributed by atoms with van der Waals surface area (Å²) in [6, 6.07) is 7.00. The molecule has 0 unspecified atom stereocenters. The number of rotatable bonds is 4. The summed E-state index contributed by atoms with van der Waals surface area (Å²) in [5.74, 6) is -0.668. The zero-order valence-electron chi connectivity index (χ0n) is 12.1. The molecule has 0 spiro atoms. The molecular formula is C16H20ClNO3. The fourth-order valence-corrected chi connectivity index (χ4v) is 2.87. The molecule has 0 bridgehead atoms. The quantitative estimate of drug-likeness (QED) is 0.898. The summed E-state index contributed by atoms with van der Waals surface area (Å²) >= 11 is 5.80. The van der Waals surface area contributed by atoms with Crippen molar-refractivity contribution in [3.05, 3.63) is 34.9 Å². The molecule has 0 saturated heterocycles. The minimum absolute atomic E-state index is 0.168. The molecule has 1 amide bonds. The summed E-state index contributed by atoms with van der Waals surface area (Å²) in [6.45, 7) is 2.11. The summed E-state index contributed by atoms with van der Waals surface area (Å²) in [4.78, 5) is 23.7. The van der Waals surface area contributed by atoms with Gasteiger partial charge in [-0.1, -0.05) is 30.7 Å². The zero-order chi connectivity index (χ0) is 15.5. The third kappa shape index (κ3) is 3.97. The van der Waals surface area contributed by atoms with E-state index in [9.17, 15) is 14.7 Å². The largest absolute Gasteiger partial charge is 0.480 e. The van der Waals surface area contributed by atoms with Crippen molar-refractivity contribution >= 4 is 23.5 Å². The summed E-state index contributed by atoms with van der Waals surface area (Å²) in [7, 11) is 0. The Bertz CT molecular complexity index is 519. The number of amides is 1. The highest BCUT2D eigenvalue weighted by Gasteiger charge is 2.42. The number of carbonyl (C=O) groups is 2. The lowest BCUT2D eigenvalue weighted by Gasteiger charge is -2.36. The maximum atomic E-state index is 12.1. The maximum absolute atomic E-state index is 12.1. The van der Waals surface area contributed by atoms with E-state index in [4.69, 9.17) is 11.6 Å². The number of carboxylic acid groups (broad SMARTS) is 1. The number of carbonyl (C=O) groups excluding carboxylic acids is 1. The van der Waals surface area contributed by atoms with Crippen LogP contribution in [0.25, 0.3) is 0 Å². The number of benzene rings is 1. The Morgan fingerprint density at radius 2 is 1.86 bits per heavy atom. The number of nitrogens with one attached hydrogen (secondary N) is 1. The first-order valence-electron chi connectivity index (χ1n) is 7.20. The predicted octanol–water partition coefficient (Wildman–Crippen LogP) is 3.03. The van der Waals surface area contributed by atoms with Crippen molar-refractivity contribution in [3.63, 3.8) is 0 Å². The van der Waals surface area contributed by atoms with Crippen LogP contribution < -0.4 is 5.32 Å². The van der Waals surface area contributed by atoms with Crippen LogP contribution in [0.2, 0.25) is 5.02 Å². The summed E-state index contributed by atoms with van der Waals surface area (Å²) in [6.07, 6.45) is 2.81. The van der Waals surface area contributed by atoms with Crippen molar-refractivity contribution in [2.45, 2.75) is 44.6 Å². The molecule has 0 atom stereocenters. The topological polar surface area (TPSA) is 66.4 Å². The van der Waals surface area contributed by atoms with Gasteiger partial charge in [-0.15, -0.1) is 0 Å². The molecule has 114 valence electrons. The van der Waals surface area contributed by atoms with Gasteiger partial charge in [0.2, 0.25) is 5.91 Å². The van der Waals surface area contributed by atoms with Gasteiger partial charge >= 0.3 is 5.97 Å². The minimum Gasteiger partial charge on any atom is -0.480 e. The first-order chi connectivity index (χ1) is 9.91. The zero-order valence-corrected chi connectivity index (χ0v) is 12.8. The van der Waals surface area contributed by atoms with Crippen molar-refractivity contribution in [2.24, 2.45) is 5.92 Å². The molecule has 1 fully saturated rings. The Morgan fingerprint density at radius 1 is 1.29 bits per heavy atom. The van der Waals surface area contributed by atoms with Gasteiger partial charge in [0, 0.05) is 5.02 Å². The maximum Gasteiger partial charge on any atom is 0.329 e. The minimum atomic E-state index is -1.10. The number of carboxylic acids is 1. The Morgan fingerprint density at radius 3 is 2.38 bits per heavy atom. The molecule has 0 radical (unpaired) electrons. The average molecular weight is 310 g/mol. The lowest BCUT2D eigenvalue weighted by Crippen LogP contribution is -2.56. The van der Waals surface area contributed by atoms with E-state index < -0.39 is 11.5 Å². The third-order valence-electron chi connectivity index (χ3n) is 4.19. The molecule has 1 aliphatic rings. The highest BCUT2D eigenvalue weighted by molar-refractivity contribution is 6.30. The fraction of sp³-hybridized carbons (Fsp3) is 0.500. The molecule has 1 saturated carbocycles. The van der Waals surface area contributed by atoms with Crippen LogP contribution in [-0.4, -0.2) is 22.5 Å². The molecule has 0 aromatic heterocycles. The lowest BCUT2D eigenvalue weighted by atomic mass is 9.77. The van der Waals surface area contributed by atoms with Gasteiger partial charge in [-0.25, -0.2) is 4.79 Å². The van der Waals surface area contributed by atoms with Crippen LogP contribution in [0.3, 0.4) is 0 Å². The van der Waals surface area contributed by atoms with Crippen LogP contribution in [0.1, 0.15) is 38.2 Å². The van der Waals surface area contributed by atoms with E-state index in [-0.39, 0.29) is 12.3 Å². The van der Waals surface area contributed by atoms with Crippen LogP contribution in [0, 0.1) is 5.92 Å². The molecular weight excluding hydrogens is 290 g/mol. The van der Waals surface area contributed by atoms with Crippen LogP contribution >= 0.6 is 11.6 Å². The van der Waals surface area contributed by atoms with E-state index in [1.807, 2.05) is 0 Å². The number of hydrogen-bond donors (Lipinski definition) is 2. The van der Waals surface area contributed by atoms with Crippen molar-refractivity contribution in [1.82, 2.24) is 5.32 Å². The SMILES string of the molecule is CC1CCC(NC(=O)Cc2ccc(Cl)cc2)(C(=O)O)CC1. The first kappa shape index (κ1) is 15.8. The molecule has 0 heterocycles.